The highest BCUT2D eigenvalue weighted by molar-refractivity contribution is 7.13. The van der Waals surface area contributed by atoms with Crippen LogP contribution in [-0.4, -0.2) is 67.4 Å². The van der Waals surface area contributed by atoms with Gasteiger partial charge in [0.1, 0.15) is 16.9 Å². The number of anilines is 1. The molecule has 3 fully saturated rings. The molecule has 44 heavy (non-hydrogen) atoms. The Morgan fingerprint density at radius 3 is 2.73 bits per heavy atom. The molecular weight excluding hydrogens is 601 g/mol. The zero-order valence-electron chi connectivity index (χ0n) is 23.6. The highest BCUT2D eigenvalue weighted by Crippen LogP contribution is 2.64. The number of likely N-dealkylation sites (N-methyl/N-ethyl adjacent to an activating group) is 1. The number of carbonyl (C=O) groups is 1. The molecule has 2 saturated carbocycles. The second kappa shape index (κ2) is 10.4. The Kier molecular flexibility index (Phi) is 6.73. The van der Waals surface area contributed by atoms with Crippen LogP contribution in [-0.2, 0) is 6.18 Å². The second-order valence-electron chi connectivity index (χ2n) is 11.2. The number of thiazole rings is 1. The summed E-state index contributed by atoms with van der Waals surface area (Å²) >= 11 is 0.804. The molecule has 5 heterocycles. The van der Waals surface area contributed by atoms with Crippen molar-refractivity contribution < 1.29 is 27.1 Å². The number of ether oxygens (including phenoxy) is 1. The summed E-state index contributed by atoms with van der Waals surface area (Å²) in [5.74, 6) is 0.0995. The molecule has 4 aromatic heterocycles. The lowest BCUT2D eigenvalue weighted by atomic mass is 9.64. The van der Waals surface area contributed by atoms with E-state index in [9.17, 15) is 22.8 Å². The van der Waals surface area contributed by atoms with Gasteiger partial charge in [0.2, 0.25) is 5.88 Å². The van der Waals surface area contributed by atoms with E-state index in [2.05, 4.69) is 47.7 Å². The summed E-state index contributed by atoms with van der Waals surface area (Å²) in [5, 5.41) is 12.3. The summed E-state index contributed by atoms with van der Waals surface area (Å²) in [6.07, 6.45) is 2.12. The largest absolute Gasteiger partial charge is 0.474 e. The minimum absolute atomic E-state index is 0.0236. The number of pyridine rings is 2. The third-order valence-electron chi connectivity index (χ3n) is 8.88. The Balaban J connectivity index is 1.33. The summed E-state index contributed by atoms with van der Waals surface area (Å²) in [6, 6.07) is 3.01. The zero-order valence-corrected chi connectivity index (χ0v) is 24.4. The van der Waals surface area contributed by atoms with Gasteiger partial charge in [-0.1, -0.05) is 0 Å². The fraction of sp³-hybridized carbons (Fsp3) is 0.429. The number of H-pyrrole nitrogens is 1. The van der Waals surface area contributed by atoms with Crippen molar-refractivity contribution >= 4 is 23.2 Å². The zero-order chi connectivity index (χ0) is 30.8. The number of amides is 2. The van der Waals surface area contributed by atoms with Gasteiger partial charge in [-0.3, -0.25) is 10.2 Å². The van der Waals surface area contributed by atoms with E-state index in [0.717, 1.165) is 36.0 Å². The quantitative estimate of drug-likeness (QED) is 0.246. The molecule has 12 nitrogen and oxygen atoms in total. The van der Waals surface area contributed by atoms with E-state index in [4.69, 9.17) is 9.15 Å². The average molecular weight is 629 g/mol. The number of nitrogens with one attached hydrogen (secondary N) is 3. The predicted molar refractivity (Wildman–Crippen MR) is 153 cm³/mol. The summed E-state index contributed by atoms with van der Waals surface area (Å²) < 4.78 is 52.4. The number of hydrogen-bond donors (Lipinski definition) is 3. The number of nitrogens with zero attached hydrogens (tertiary/aromatic N) is 5. The van der Waals surface area contributed by atoms with Gasteiger partial charge in [-0.05, 0) is 51.3 Å². The van der Waals surface area contributed by atoms with Crippen LogP contribution in [0.5, 0.6) is 5.88 Å². The van der Waals surface area contributed by atoms with E-state index in [-0.39, 0.29) is 34.3 Å². The van der Waals surface area contributed by atoms with Crippen LogP contribution in [0.2, 0.25) is 0 Å². The smallest absolute Gasteiger partial charge is 0.434 e. The lowest BCUT2D eigenvalue weighted by Crippen LogP contribution is -2.46. The summed E-state index contributed by atoms with van der Waals surface area (Å²) in [5.41, 5.74) is 0.596. The Labute approximate surface area is 252 Å². The average Bonchev–Trinajstić information content (AvgIpc) is 3.32. The van der Waals surface area contributed by atoms with Crippen LogP contribution in [0.15, 0.2) is 39.1 Å². The van der Waals surface area contributed by atoms with Crippen molar-refractivity contribution in [2.75, 3.05) is 18.9 Å². The number of urea groups is 1. The van der Waals surface area contributed by atoms with Crippen LogP contribution >= 0.6 is 11.3 Å². The van der Waals surface area contributed by atoms with Crippen molar-refractivity contribution in [3.05, 3.63) is 46.2 Å². The number of aromatic nitrogens is 5. The van der Waals surface area contributed by atoms with Crippen LogP contribution in [0.4, 0.5) is 23.8 Å². The SMILES string of the molecule is CCNC(=O)Nc1cc(-c2nc(C(F)(F)F)cs2)c(-c2cc(-c3n[nH]c(=O)o3)cnc2O[C@@H]2C[C@@H]3CCC34[C@H](C2)N4C)cn1. The molecule has 4 aromatic rings. The number of carbonyl (C=O) groups excluding carboxylic acids is 1. The van der Waals surface area contributed by atoms with Gasteiger partial charge in [0.05, 0.1) is 5.56 Å². The van der Waals surface area contributed by atoms with Gasteiger partial charge >= 0.3 is 18.0 Å². The van der Waals surface area contributed by atoms with Crippen LogP contribution in [0, 0.1) is 5.92 Å². The third kappa shape index (κ3) is 4.81. The minimum atomic E-state index is -4.65. The van der Waals surface area contributed by atoms with Gasteiger partial charge in [0.15, 0.2) is 5.69 Å². The number of hydrogen-bond acceptors (Lipinski definition) is 10. The fourth-order valence-corrected chi connectivity index (χ4v) is 7.55. The maximum atomic E-state index is 13.6. The van der Waals surface area contributed by atoms with E-state index < -0.39 is 23.7 Å². The van der Waals surface area contributed by atoms with Crippen molar-refractivity contribution in [3.8, 4) is 39.0 Å². The maximum absolute atomic E-state index is 13.6. The van der Waals surface area contributed by atoms with Gasteiger partial charge in [-0.2, -0.15) is 13.2 Å². The molecule has 7 rings (SSSR count). The normalized spacial score (nSPS) is 25.4. The van der Waals surface area contributed by atoms with E-state index in [0.29, 0.717) is 40.7 Å². The van der Waals surface area contributed by atoms with Crippen LogP contribution in [0.1, 0.15) is 38.3 Å². The number of likely N-dealkylation sites (tertiary alicyclic amines) is 1. The lowest BCUT2D eigenvalue weighted by Gasteiger charge is -2.43. The Hall–Kier alpha value is -4.31. The van der Waals surface area contributed by atoms with E-state index >= 15 is 0 Å². The van der Waals surface area contributed by atoms with Crippen LogP contribution in [0.3, 0.4) is 0 Å². The molecule has 5 atom stereocenters. The Bertz CT molecular complexity index is 1800. The molecule has 16 heteroatoms. The molecule has 2 aliphatic carbocycles. The first kappa shape index (κ1) is 28.5. The molecule has 0 radical (unpaired) electrons. The fourth-order valence-electron chi connectivity index (χ4n) is 6.69. The van der Waals surface area contributed by atoms with E-state index in [1.165, 1.54) is 24.9 Å². The highest BCUT2D eigenvalue weighted by atomic mass is 32.1. The molecule has 3 aliphatic rings. The van der Waals surface area contributed by atoms with Crippen molar-refractivity contribution in [3.63, 3.8) is 0 Å². The van der Waals surface area contributed by atoms with Crippen molar-refractivity contribution in [2.45, 2.75) is 56.5 Å². The molecule has 2 amide bonds. The monoisotopic (exact) mass is 628 g/mol. The standard InChI is InChI=1S/C28H27F3N8O4S/c1-3-32-25(40)36-21-9-17(24-35-19(12-44-24)28(29,30)31)18(11-33-21)16-6-13(22-37-38-26(41)43-22)10-34-23(16)42-15-7-14-4-5-27(14)20(8-15)39(27)2/h6,9-12,14-15,20H,3-5,7-8H2,1-2H3,(H,38,41)(H2,32,33,36,40)/t14-,15+,20-,27?,39?/m0/s1. The first-order chi connectivity index (χ1) is 21.1. The molecule has 2 unspecified atom stereocenters. The molecule has 1 saturated heterocycles. The molecular formula is C28H27F3N8O4S. The van der Waals surface area contributed by atoms with Gasteiger partial charge in [-0.25, -0.2) is 29.6 Å². The number of halogens is 3. The molecule has 0 bridgehead atoms. The molecule has 1 spiro atoms. The van der Waals surface area contributed by atoms with Crippen molar-refractivity contribution in [2.24, 2.45) is 5.92 Å². The lowest BCUT2D eigenvalue weighted by molar-refractivity contribution is -0.140. The van der Waals surface area contributed by atoms with Gasteiger partial charge in [-0.15, -0.1) is 16.4 Å². The highest BCUT2D eigenvalue weighted by Gasteiger charge is 2.71. The second-order valence-corrected chi connectivity index (χ2v) is 12.1. The minimum Gasteiger partial charge on any atom is -0.474 e. The Morgan fingerprint density at radius 2 is 2.07 bits per heavy atom. The third-order valence-corrected chi connectivity index (χ3v) is 9.76. The van der Waals surface area contributed by atoms with E-state index in [1.54, 1.807) is 13.0 Å². The topological polar surface area (TPSA) is 151 Å². The molecule has 1 aliphatic heterocycles. The predicted octanol–water partition coefficient (Wildman–Crippen LogP) is 4.77. The molecule has 3 N–H and O–H groups in total. The number of alkyl halides is 3. The van der Waals surface area contributed by atoms with Gasteiger partial charge in [0.25, 0.3) is 5.89 Å². The van der Waals surface area contributed by atoms with E-state index in [1.807, 2.05) is 0 Å². The molecule has 0 aromatic carbocycles. The van der Waals surface area contributed by atoms with Crippen molar-refractivity contribution in [1.29, 1.82) is 0 Å². The van der Waals surface area contributed by atoms with Gasteiger partial charge in [0, 0.05) is 59.0 Å². The number of aromatic amines is 1. The summed E-state index contributed by atoms with van der Waals surface area (Å²) in [4.78, 5) is 39.1. The van der Waals surface area contributed by atoms with Crippen LogP contribution < -0.4 is 21.1 Å². The van der Waals surface area contributed by atoms with Gasteiger partial charge < -0.3 is 14.5 Å². The summed E-state index contributed by atoms with van der Waals surface area (Å²) in [7, 11) is 2.15. The van der Waals surface area contributed by atoms with Crippen LogP contribution in [0.25, 0.3) is 33.2 Å². The summed E-state index contributed by atoms with van der Waals surface area (Å²) in [6.45, 7) is 2.11. The molecule has 230 valence electrons. The maximum Gasteiger partial charge on any atom is 0.434 e. The Morgan fingerprint density at radius 1 is 1.23 bits per heavy atom. The number of rotatable bonds is 7. The first-order valence-electron chi connectivity index (χ1n) is 14.1. The first-order valence-corrected chi connectivity index (χ1v) is 15.0. The van der Waals surface area contributed by atoms with Crippen molar-refractivity contribution in [1.82, 2.24) is 35.4 Å².